The van der Waals surface area contributed by atoms with Crippen molar-refractivity contribution in [2.24, 2.45) is 16.8 Å². The number of aryl methyl sites for hydroxylation is 1. The summed E-state index contributed by atoms with van der Waals surface area (Å²) in [7, 11) is 1.85. The predicted octanol–water partition coefficient (Wildman–Crippen LogP) is 3.99. The maximum atomic E-state index is 4.40. The molecule has 0 radical (unpaired) electrons. The van der Waals surface area contributed by atoms with Crippen LogP contribution in [0.25, 0.3) is 0 Å². The first-order valence-electron chi connectivity index (χ1n) is 8.47. The maximum absolute atomic E-state index is 4.40. The minimum atomic E-state index is 0. The van der Waals surface area contributed by atoms with E-state index in [1.807, 2.05) is 13.2 Å². The lowest BCUT2D eigenvalue weighted by Crippen LogP contribution is -2.45. The number of nitrogens with zero attached hydrogens (tertiary/aromatic N) is 2. The van der Waals surface area contributed by atoms with E-state index in [0.29, 0.717) is 6.04 Å². The molecular formula is C17H31IN4S. The number of aliphatic imine (C=N–C) groups is 1. The quantitative estimate of drug-likeness (QED) is 0.405. The molecule has 2 N–H and O–H groups in total. The molecule has 0 aromatic carbocycles. The summed E-state index contributed by atoms with van der Waals surface area (Å²) in [5.41, 5.74) is 0. The molecule has 1 aliphatic rings. The van der Waals surface area contributed by atoms with Gasteiger partial charge in [0.25, 0.3) is 0 Å². The van der Waals surface area contributed by atoms with Crippen molar-refractivity contribution < 1.29 is 0 Å². The molecule has 2 rings (SSSR count). The third-order valence-electron chi connectivity index (χ3n) is 4.58. The number of hydrogen-bond acceptors (Lipinski definition) is 3. The van der Waals surface area contributed by atoms with E-state index in [9.17, 15) is 0 Å². The van der Waals surface area contributed by atoms with Crippen molar-refractivity contribution in [1.82, 2.24) is 15.6 Å². The van der Waals surface area contributed by atoms with E-state index in [0.717, 1.165) is 30.8 Å². The first kappa shape index (κ1) is 20.7. The average molecular weight is 450 g/mol. The zero-order valence-electron chi connectivity index (χ0n) is 14.8. The Morgan fingerprint density at radius 2 is 2.04 bits per heavy atom. The van der Waals surface area contributed by atoms with E-state index >= 15 is 0 Å². The smallest absolute Gasteiger partial charge is 0.191 e. The summed E-state index contributed by atoms with van der Waals surface area (Å²) < 4.78 is 0. The number of nitrogens with one attached hydrogen (secondary N) is 2. The molecule has 1 aromatic rings. The van der Waals surface area contributed by atoms with Gasteiger partial charge in [-0.2, -0.15) is 0 Å². The highest BCUT2D eigenvalue weighted by atomic mass is 127. The Balaban J connectivity index is 0.00000264. The van der Waals surface area contributed by atoms with Crippen LogP contribution in [0.15, 0.2) is 11.2 Å². The van der Waals surface area contributed by atoms with Crippen LogP contribution in [0, 0.1) is 18.8 Å². The summed E-state index contributed by atoms with van der Waals surface area (Å²) in [6, 6.07) is 0.573. The maximum Gasteiger partial charge on any atom is 0.191 e. The van der Waals surface area contributed by atoms with E-state index in [1.54, 1.807) is 11.3 Å². The van der Waals surface area contributed by atoms with Gasteiger partial charge >= 0.3 is 0 Å². The predicted molar refractivity (Wildman–Crippen MR) is 111 cm³/mol. The topological polar surface area (TPSA) is 49.3 Å². The second-order valence-corrected chi connectivity index (χ2v) is 7.93. The third-order valence-corrected chi connectivity index (χ3v) is 5.55. The first-order chi connectivity index (χ1) is 10.6. The molecule has 4 nitrogen and oxygen atoms in total. The Bertz CT molecular complexity index is 479. The Hall–Kier alpha value is -0.370. The highest BCUT2D eigenvalue weighted by Gasteiger charge is 2.23. The molecule has 132 valence electrons. The first-order valence-corrected chi connectivity index (χ1v) is 9.28. The molecule has 0 bridgehead atoms. The Labute approximate surface area is 162 Å². The van der Waals surface area contributed by atoms with Crippen molar-refractivity contribution in [2.75, 3.05) is 13.6 Å². The van der Waals surface area contributed by atoms with Gasteiger partial charge in [-0.05, 0) is 44.4 Å². The van der Waals surface area contributed by atoms with Crippen LogP contribution < -0.4 is 10.6 Å². The van der Waals surface area contributed by atoms with Gasteiger partial charge in [-0.1, -0.05) is 13.8 Å². The summed E-state index contributed by atoms with van der Waals surface area (Å²) in [6.07, 6.45) is 8.10. The molecule has 1 saturated carbocycles. The largest absolute Gasteiger partial charge is 0.356 e. The Morgan fingerprint density at radius 1 is 1.35 bits per heavy atom. The molecule has 1 heterocycles. The molecule has 6 heteroatoms. The highest BCUT2D eigenvalue weighted by Crippen LogP contribution is 2.29. The van der Waals surface area contributed by atoms with Crippen LogP contribution in [0.5, 0.6) is 0 Å². The molecule has 0 aliphatic heterocycles. The summed E-state index contributed by atoms with van der Waals surface area (Å²) in [5, 5.41) is 8.18. The SMILES string of the molecule is CN=C(NCCc1ncc(C)s1)NC1CCC(C(C)C)CC1.I. The molecule has 1 aliphatic carbocycles. The average Bonchev–Trinajstić information content (AvgIpc) is 2.92. The number of hydrogen-bond donors (Lipinski definition) is 2. The monoisotopic (exact) mass is 450 g/mol. The van der Waals surface area contributed by atoms with Gasteiger partial charge in [0, 0.05) is 37.1 Å². The number of thiazole rings is 1. The molecular weight excluding hydrogens is 419 g/mol. The van der Waals surface area contributed by atoms with Crippen molar-refractivity contribution in [3.05, 3.63) is 16.1 Å². The highest BCUT2D eigenvalue weighted by molar-refractivity contribution is 14.0. The summed E-state index contributed by atoms with van der Waals surface area (Å²) in [6.45, 7) is 7.68. The van der Waals surface area contributed by atoms with Gasteiger partial charge in [0.2, 0.25) is 0 Å². The molecule has 0 atom stereocenters. The van der Waals surface area contributed by atoms with Crippen LogP contribution in [-0.4, -0.2) is 30.6 Å². The van der Waals surface area contributed by atoms with Crippen molar-refractivity contribution in [3.8, 4) is 0 Å². The zero-order chi connectivity index (χ0) is 15.9. The fourth-order valence-corrected chi connectivity index (χ4v) is 3.91. The number of guanidine groups is 1. The van der Waals surface area contributed by atoms with Gasteiger partial charge in [-0.3, -0.25) is 4.99 Å². The van der Waals surface area contributed by atoms with E-state index in [4.69, 9.17) is 0 Å². The van der Waals surface area contributed by atoms with Gasteiger partial charge < -0.3 is 10.6 Å². The minimum absolute atomic E-state index is 0. The molecule has 0 amide bonds. The van der Waals surface area contributed by atoms with Gasteiger partial charge in [0.1, 0.15) is 0 Å². The lowest BCUT2D eigenvalue weighted by atomic mass is 9.80. The fourth-order valence-electron chi connectivity index (χ4n) is 3.12. The lowest BCUT2D eigenvalue weighted by molar-refractivity contribution is 0.250. The molecule has 0 unspecified atom stereocenters. The van der Waals surface area contributed by atoms with Crippen LogP contribution in [-0.2, 0) is 6.42 Å². The lowest BCUT2D eigenvalue weighted by Gasteiger charge is -2.32. The fraction of sp³-hybridized carbons (Fsp3) is 0.765. The van der Waals surface area contributed by atoms with Crippen LogP contribution in [0.4, 0.5) is 0 Å². The summed E-state index contributed by atoms with van der Waals surface area (Å²) >= 11 is 1.77. The number of aromatic nitrogens is 1. The van der Waals surface area contributed by atoms with Crippen LogP contribution in [0.3, 0.4) is 0 Å². The van der Waals surface area contributed by atoms with Crippen LogP contribution in [0.2, 0.25) is 0 Å². The zero-order valence-corrected chi connectivity index (χ0v) is 17.9. The standard InChI is InChI=1S/C17H30N4S.HI/c1-12(2)14-5-7-15(8-6-14)21-17(18-4)19-10-9-16-20-11-13(3)22-16;/h11-12,14-15H,5-10H2,1-4H3,(H2,18,19,21);1H. The number of rotatable bonds is 5. The summed E-state index contributed by atoms with van der Waals surface area (Å²) in [4.78, 5) is 10.0. The van der Waals surface area contributed by atoms with Gasteiger partial charge in [0.15, 0.2) is 5.96 Å². The van der Waals surface area contributed by atoms with Gasteiger partial charge in [-0.25, -0.2) is 4.98 Å². The van der Waals surface area contributed by atoms with E-state index in [2.05, 4.69) is 41.4 Å². The van der Waals surface area contributed by atoms with Crippen molar-refractivity contribution in [1.29, 1.82) is 0 Å². The van der Waals surface area contributed by atoms with Crippen LogP contribution in [0.1, 0.15) is 49.4 Å². The second-order valence-electron chi connectivity index (χ2n) is 6.61. The van der Waals surface area contributed by atoms with Crippen molar-refractivity contribution in [2.45, 2.75) is 58.9 Å². The molecule has 1 fully saturated rings. The van der Waals surface area contributed by atoms with Gasteiger partial charge in [0.05, 0.1) is 5.01 Å². The van der Waals surface area contributed by atoms with E-state index in [1.165, 1.54) is 35.6 Å². The van der Waals surface area contributed by atoms with Crippen molar-refractivity contribution in [3.63, 3.8) is 0 Å². The van der Waals surface area contributed by atoms with Crippen LogP contribution >= 0.6 is 35.3 Å². The normalized spacial score (nSPS) is 21.9. The van der Waals surface area contributed by atoms with Gasteiger partial charge in [-0.15, -0.1) is 35.3 Å². The number of halogens is 1. The third kappa shape index (κ3) is 6.95. The Morgan fingerprint density at radius 3 is 2.57 bits per heavy atom. The molecule has 0 saturated heterocycles. The Kier molecular flexibility index (Phi) is 9.43. The second kappa shape index (κ2) is 10.5. The minimum Gasteiger partial charge on any atom is -0.356 e. The van der Waals surface area contributed by atoms with Crippen molar-refractivity contribution >= 4 is 41.3 Å². The summed E-state index contributed by atoms with van der Waals surface area (Å²) in [5.74, 6) is 2.66. The van der Waals surface area contributed by atoms with E-state index in [-0.39, 0.29) is 24.0 Å². The molecule has 23 heavy (non-hydrogen) atoms. The molecule has 0 spiro atoms. The molecule has 1 aromatic heterocycles. The van der Waals surface area contributed by atoms with E-state index < -0.39 is 0 Å².